The van der Waals surface area contributed by atoms with Crippen molar-refractivity contribution in [1.29, 1.82) is 0 Å². The molecule has 2 aromatic rings. The van der Waals surface area contributed by atoms with Gasteiger partial charge in [-0.05, 0) is 18.2 Å². The van der Waals surface area contributed by atoms with E-state index in [9.17, 15) is 0 Å². The van der Waals surface area contributed by atoms with Crippen LogP contribution in [0.5, 0.6) is 0 Å². The van der Waals surface area contributed by atoms with Crippen LogP contribution < -0.4 is 11.5 Å². The van der Waals surface area contributed by atoms with Gasteiger partial charge in [0.05, 0.1) is 0 Å². The highest BCUT2D eigenvalue weighted by atomic mass is 14.7. The normalized spacial score (nSPS) is 10.5. The summed E-state index contributed by atoms with van der Waals surface area (Å²) in [4.78, 5) is 3.04. The number of H-pyrrole nitrogens is 1. The van der Waals surface area contributed by atoms with Crippen LogP contribution in [0.4, 0.5) is 11.4 Å². The number of aromatic nitrogens is 1. The van der Waals surface area contributed by atoms with Crippen molar-refractivity contribution in [3.05, 3.63) is 24.4 Å². The summed E-state index contributed by atoms with van der Waals surface area (Å²) in [6, 6.07) is 5.56. The monoisotopic (exact) mass is 147 g/mol. The lowest BCUT2D eigenvalue weighted by Gasteiger charge is -1.97. The van der Waals surface area contributed by atoms with Crippen LogP contribution in [0.3, 0.4) is 0 Å². The van der Waals surface area contributed by atoms with Gasteiger partial charge in [-0.15, -0.1) is 0 Å². The molecular formula is C8H9N3. The van der Waals surface area contributed by atoms with E-state index >= 15 is 0 Å². The summed E-state index contributed by atoms with van der Waals surface area (Å²) in [5.41, 5.74) is 13.7. The molecule has 0 bridgehead atoms. The second-order valence-corrected chi connectivity index (χ2v) is 2.55. The molecule has 2 rings (SSSR count). The highest BCUT2D eigenvalue weighted by molar-refractivity contribution is 5.93. The molecule has 0 aliphatic carbocycles. The molecular weight excluding hydrogens is 138 g/mol. The van der Waals surface area contributed by atoms with Gasteiger partial charge in [0.2, 0.25) is 0 Å². The van der Waals surface area contributed by atoms with Crippen molar-refractivity contribution < 1.29 is 0 Å². The molecule has 0 atom stereocenters. The van der Waals surface area contributed by atoms with Gasteiger partial charge in [0.25, 0.3) is 0 Å². The number of nitrogens with one attached hydrogen (secondary N) is 1. The first-order valence-corrected chi connectivity index (χ1v) is 3.39. The molecule has 1 aromatic carbocycles. The van der Waals surface area contributed by atoms with E-state index in [2.05, 4.69) is 4.98 Å². The first kappa shape index (κ1) is 6.09. The molecule has 56 valence electrons. The van der Waals surface area contributed by atoms with Crippen molar-refractivity contribution >= 4 is 22.3 Å². The number of anilines is 2. The predicted octanol–water partition coefficient (Wildman–Crippen LogP) is 1.33. The van der Waals surface area contributed by atoms with E-state index in [4.69, 9.17) is 11.5 Å². The van der Waals surface area contributed by atoms with E-state index in [-0.39, 0.29) is 0 Å². The second-order valence-electron chi connectivity index (χ2n) is 2.55. The quantitative estimate of drug-likeness (QED) is 0.492. The summed E-state index contributed by atoms with van der Waals surface area (Å²) in [7, 11) is 0. The summed E-state index contributed by atoms with van der Waals surface area (Å²) >= 11 is 0. The van der Waals surface area contributed by atoms with Crippen molar-refractivity contribution in [1.82, 2.24) is 4.98 Å². The minimum atomic E-state index is 0.692. The minimum Gasteiger partial charge on any atom is -0.399 e. The van der Waals surface area contributed by atoms with Crippen molar-refractivity contribution in [2.75, 3.05) is 11.5 Å². The highest BCUT2D eigenvalue weighted by Gasteiger charge is 1.98. The van der Waals surface area contributed by atoms with Gasteiger partial charge in [0.15, 0.2) is 0 Å². The van der Waals surface area contributed by atoms with Gasteiger partial charge in [-0.3, -0.25) is 0 Å². The van der Waals surface area contributed by atoms with Crippen LogP contribution in [0.25, 0.3) is 10.9 Å². The summed E-state index contributed by atoms with van der Waals surface area (Å²) in [5.74, 6) is 0. The van der Waals surface area contributed by atoms with E-state index < -0.39 is 0 Å². The number of nitrogens with two attached hydrogens (primary N) is 2. The third-order valence-corrected chi connectivity index (χ3v) is 1.72. The maximum atomic E-state index is 5.70. The number of fused-ring (bicyclic) bond motifs is 1. The lowest BCUT2D eigenvalue weighted by atomic mass is 10.2. The van der Waals surface area contributed by atoms with Crippen molar-refractivity contribution in [2.45, 2.75) is 0 Å². The first-order chi connectivity index (χ1) is 5.27. The second kappa shape index (κ2) is 1.92. The summed E-state index contributed by atoms with van der Waals surface area (Å²) < 4.78 is 0. The topological polar surface area (TPSA) is 67.8 Å². The molecule has 3 heteroatoms. The molecule has 0 aliphatic rings. The zero-order valence-corrected chi connectivity index (χ0v) is 5.96. The molecule has 0 saturated carbocycles. The molecule has 3 nitrogen and oxygen atoms in total. The van der Waals surface area contributed by atoms with Crippen LogP contribution in [0.1, 0.15) is 0 Å². The maximum absolute atomic E-state index is 5.70. The van der Waals surface area contributed by atoms with Crippen molar-refractivity contribution in [3.8, 4) is 0 Å². The van der Waals surface area contributed by atoms with Crippen LogP contribution >= 0.6 is 0 Å². The fourth-order valence-corrected chi connectivity index (χ4v) is 1.22. The SMILES string of the molecule is Nc1cc(N)c2cc[nH]c2c1. The van der Waals surface area contributed by atoms with Crippen molar-refractivity contribution in [3.63, 3.8) is 0 Å². The summed E-state index contributed by atoms with van der Waals surface area (Å²) in [6.07, 6.45) is 1.85. The number of aromatic amines is 1. The van der Waals surface area contributed by atoms with Crippen LogP contribution in [0, 0.1) is 0 Å². The molecule has 0 radical (unpaired) electrons. The lowest BCUT2D eigenvalue weighted by molar-refractivity contribution is 1.48. The summed E-state index contributed by atoms with van der Waals surface area (Å²) in [5, 5.41) is 1.03. The van der Waals surface area contributed by atoms with Gasteiger partial charge in [-0.2, -0.15) is 0 Å². The van der Waals surface area contributed by atoms with Crippen LogP contribution in [0.2, 0.25) is 0 Å². The van der Waals surface area contributed by atoms with E-state index in [0.29, 0.717) is 5.69 Å². The fourth-order valence-electron chi connectivity index (χ4n) is 1.22. The number of nitrogen functional groups attached to an aromatic ring is 2. The molecule has 11 heavy (non-hydrogen) atoms. The van der Waals surface area contributed by atoms with Gasteiger partial charge in [0, 0.05) is 28.5 Å². The van der Waals surface area contributed by atoms with Crippen LogP contribution in [0.15, 0.2) is 24.4 Å². The maximum Gasteiger partial charge on any atom is 0.0495 e. The highest BCUT2D eigenvalue weighted by Crippen LogP contribution is 2.22. The molecule has 0 fully saturated rings. The van der Waals surface area contributed by atoms with Gasteiger partial charge < -0.3 is 16.5 Å². The standard InChI is InChI=1S/C8H9N3/c9-5-3-7(10)6-1-2-11-8(6)4-5/h1-4,11H,9-10H2. The molecule has 0 amide bonds. The predicted molar refractivity (Wildman–Crippen MR) is 47.1 cm³/mol. The van der Waals surface area contributed by atoms with E-state index in [1.165, 1.54) is 0 Å². The Morgan fingerprint density at radius 2 is 2.00 bits per heavy atom. The zero-order chi connectivity index (χ0) is 7.84. The molecule has 5 N–H and O–H groups in total. The van der Waals surface area contributed by atoms with Crippen molar-refractivity contribution in [2.24, 2.45) is 0 Å². The average Bonchev–Trinajstić information content (AvgIpc) is 2.34. The molecule has 0 spiro atoms. The molecule has 0 aliphatic heterocycles. The largest absolute Gasteiger partial charge is 0.399 e. The minimum absolute atomic E-state index is 0.692. The first-order valence-electron chi connectivity index (χ1n) is 3.39. The Balaban J connectivity index is 2.91. The van der Waals surface area contributed by atoms with E-state index in [1.807, 2.05) is 18.3 Å². The third kappa shape index (κ3) is 0.816. The van der Waals surface area contributed by atoms with Gasteiger partial charge in [0.1, 0.15) is 0 Å². The van der Waals surface area contributed by atoms with E-state index in [0.717, 1.165) is 16.6 Å². The number of rotatable bonds is 0. The molecule has 1 aromatic heterocycles. The fraction of sp³-hybridized carbons (Fsp3) is 0. The number of hydrogen-bond acceptors (Lipinski definition) is 2. The Morgan fingerprint density at radius 3 is 2.82 bits per heavy atom. The smallest absolute Gasteiger partial charge is 0.0495 e. The Hall–Kier alpha value is -1.64. The molecule has 0 unspecified atom stereocenters. The molecule has 0 saturated heterocycles. The van der Waals surface area contributed by atoms with Gasteiger partial charge in [-0.1, -0.05) is 0 Å². The number of benzene rings is 1. The summed E-state index contributed by atoms with van der Waals surface area (Å²) in [6.45, 7) is 0. The number of hydrogen-bond donors (Lipinski definition) is 3. The zero-order valence-electron chi connectivity index (χ0n) is 5.96. The lowest BCUT2D eigenvalue weighted by Crippen LogP contribution is -1.89. The van der Waals surface area contributed by atoms with E-state index in [1.54, 1.807) is 6.07 Å². The Morgan fingerprint density at radius 1 is 1.18 bits per heavy atom. The Kier molecular flexibility index (Phi) is 1.06. The average molecular weight is 147 g/mol. The third-order valence-electron chi connectivity index (χ3n) is 1.72. The van der Waals surface area contributed by atoms with Crippen LogP contribution in [-0.2, 0) is 0 Å². The Bertz CT molecular complexity index is 389. The molecule has 1 heterocycles. The van der Waals surface area contributed by atoms with Gasteiger partial charge in [-0.25, -0.2) is 0 Å². The Labute approximate surface area is 64.0 Å². The van der Waals surface area contributed by atoms with Crippen LogP contribution in [-0.4, -0.2) is 4.98 Å². The van der Waals surface area contributed by atoms with Gasteiger partial charge >= 0.3 is 0 Å².